The van der Waals surface area contributed by atoms with Crippen LogP contribution in [0.4, 0.5) is 5.69 Å². The highest BCUT2D eigenvalue weighted by atomic mass is 16.3. The third-order valence-electron chi connectivity index (χ3n) is 1.54. The Balaban J connectivity index is 3.13. The zero-order valence-corrected chi connectivity index (χ0v) is 6.41. The van der Waals surface area contributed by atoms with Crippen molar-refractivity contribution < 1.29 is 5.11 Å². The standard InChI is InChI=1S/C8H9N3O/c9-4-7-3-6(5-12)1-2-8(7)11-10/h1-3,11-12H,5,10H2. The molecule has 0 unspecified atom stereocenters. The monoisotopic (exact) mass is 163 g/mol. The molecular formula is C8H9N3O. The number of nitrogen functional groups attached to an aromatic ring is 1. The van der Waals surface area contributed by atoms with E-state index in [-0.39, 0.29) is 6.61 Å². The molecule has 1 aromatic rings. The summed E-state index contributed by atoms with van der Waals surface area (Å²) in [6.07, 6.45) is 0. The molecule has 0 aromatic heterocycles. The topological polar surface area (TPSA) is 82.1 Å². The highest BCUT2D eigenvalue weighted by molar-refractivity contribution is 5.57. The molecule has 4 nitrogen and oxygen atoms in total. The molecule has 0 aliphatic carbocycles. The summed E-state index contributed by atoms with van der Waals surface area (Å²) in [7, 11) is 0. The quantitative estimate of drug-likeness (QED) is 0.433. The van der Waals surface area contributed by atoms with E-state index in [2.05, 4.69) is 5.43 Å². The Morgan fingerprint density at radius 3 is 2.83 bits per heavy atom. The lowest BCUT2D eigenvalue weighted by molar-refractivity contribution is 0.282. The van der Waals surface area contributed by atoms with Crippen LogP contribution in [0.2, 0.25) is 0 Å². The van der Waals surface area contributed by atoms with Crippen molar-refractivity contribution in [3.63, 3.8) is 0 Å². The number of hydrogen-bond acceptors (Lipinski definition) is 4. The number of nitriles is 1. The fourth-order valence-corrected chi connectivity index (χ4v) is 0.908. The summed E-state index contributed by atoms with van der Waals surface area (Å²) in [6, 6.07) is 6.92. The molecule has 12 heavy (non-hydrogen) atoms. The zero-order chi connectivity index (χ0) is 8.97. The lowest BCUT2D eigenvalue weighted by atomic mass is 10.1. The Morgan fingerprint density at radius 2 is 2.33 bits per heavy atom. The predicted molar refractivity (Wildman–Crippen MR) is 44.9 cm³/mol. The summed E-state index contributed by atoms with van der Waals surface area (Å²) in [5.41, 5.74) is 4.09. The van der Waals surface area contributed by atoms with E-state index in [1.807, 2.05) is 6.07 Å². The molecule has 4 heteroatoms. The molecule has 1 rings (SSSR count). The van der Waals surface area contributed by atoms with Gasteiger partial charge in [0.2, 0.25) is 0 Å². The Bertz CT molecular complexity index is 317. The smallest absolute Gasteiger partial charge is 0.101 e. The van der Waals surface area contributed by atoms with Crippen molar-refractivity contribution in [2.24, 2.45) is 5.84 Å². The molecule has 0 heterocycles. The molecule has 0 aliphatic heterocycles. The lowest BCUT2D eigenvalue weighted by Crippen LogP contribution is -2.08. The van der Waals surface area contributed by atoms with Crippen LogP contribution in [-0.4, -0.2) is 5.11 Å². The number of hydrazine groups is 1. The minimum atomic E-state index is -0.0699. The van der Waals surface area contributed by atoms with Crippen molar-refractivity contribution in [3.05, 3.63) is 29.3 Å². The molecule has 0 spiro atoms. The van der Waals surface area contributed by atoms with Crippen molar-refractivity contribution in [2.45, 2.75) is 6.61 Å². The van der Waals surface area contributed by atoms with E-state index in [1.165, 1.54) is 0 Å². The van der Waals surface area contributed by atoms with Gasteiger partial charge in [-0.05, 0) is 17.7 Å². The largest absolute Gasteiger partial charge is 0.392 e. The number of aliphatic hydroxyl groups is 1. The minimum Gasteiger partial charge on any atom is -0.392 e. The predicted octanol–water partition coefficient (Wildman–Crippen LogP) is 0.336. The van der Waals surface area contributed by atoms with Gasteiger partial charge < -0.3 is 10.5 Å². The van der Waals surface area contributed by atoms with Crippen LogP contribution in [0, 0.1) is 11.3 Å². The minimum absolute atomic E-state index is 0.0699. The average molecular weight is 163 g/mol. The van der Waals surface area contributed by atoms with Crippen LogP contribution in [-0.2, 0) is 6.61 Å². The van der Waals surface area contributed by atoms with Crippen molar-refractivity contribution in [1.82, 2.24) is 0 Å². The second-order valence-corrected chi connectivity index (χ2v) is 2.29. The number of nitrogens with one attached hydrogen (secondary N) is 1. The SMILES string of the molecule is N#Cc1cc(CO)ccc1NN. The van der Waals surface area contributed by atoms with Gasteiger partial charge in [-0.3, -0.25) is 5.84 Å². The summed E-state index contributed by atoms with van der Waals surface area (Å²) >= 11 is 0. The van der Waals surface area contributed by atoms with Gasteiger partial charge >= 0.3 is 0 Å². The first kappa shape index (κ1) is 8.53. The van der Waals surface area contributed by atoms with Crippen molar-refractivity contribution in [2.75, 3.05) is 5.43 Å². The maximum absolute atomic E-state index is 8.76. The number of aliphatic hydroxyl groups excluding tert-OH is 1. The number of nitrogens with two attached hydrogens (primary N) is 1. The van der Waals surface area contributed by atoms with Crippen LogP contribution in [0.15, 0.2) is 18.2 Å². The molecule has 4 N–H and O–H groups in total. The Morgan fingerprint density at radius 1 is 1.58 bits per heavy atom. The highest BCUT2D eigenvalue weighted by Gasteiger charge is 2.00. The number of anilines is 1. The number of rotatable bonds is 2. The number of nitrogens with zero attached hydrogens (tertiary/aromatic N) is 1. The normalized spacial score (nSPS) is 9.08. The van der Waals surface area contributed by atoms with E-state index < -0.39 is 0 Å². The van der Waals surface area contributed by atoms with Gasteiger partial charge in [0.05, 0.1) is 17.9 Å². The zero-order valence-electron chi connectivity index (χ0n) is 6.41. The molecule has 1 aromatic carbocycles. The van der Waals surface area contributed by atoms with E-state index in [0.717, 1.165) is 0 Å². The maximum Gasteiger partial charge on any atom is 0.101 e. The van der Waals surface area contributed by atoms with Gasteiger partial charge in [0.1, 0.15) is 6.07 Å². The van der Waals surface area contributed by atoms with E-state index in [0.29, 0.717) is 16.8 Å². The average Bonchev–Trinajstić information content (AvgIpc) is 2.16. The van der Waals surface area contributed by atoms with Gasteiger partial charge in [-0.15, -0.1) is 0 Å². The molecule has 0 saturated carbocycles. The highest BCUT2D eigenvalue weighted by Crippen LogP contribution is 2.15. The van der Waals surface area contributed by atoms with Crippen LogP contribution in [0.3, 0.4) is 0 Å². The van der Waals surface area contributed by atoms with Crippen LogP contribution >= 0.6 is 0 Å². The Labute approximate surface area is 70.2 Å². The van der Waals surface area contributed by atoms with E-state index in [1.54, 1.807) is 18.2 Å². The van der Waals surface area contributed by atoms with Gasteiger partial charge in [-0.25, -0.2) is 0 Å². The van der Waals surface area contributed by atoms with Crippen LogP contribution < -0.4 is 11.3 Å². The number of benzene rings is 1. The Hall–Kier alpha value is -1.57. The van der Waals surface area contributed by atoms with Crippen LogP contribution in [0.5, 0.6) is 0 Å². The molecule has 62 valence electrons. The molecule has 0 bridgehead atoms. The fourth-order valence-electron chi connectivity index (χ4n) is 0.908. The molecule has 0 saturated heterocycles. The summed E-state index contributed by atoms with van der Waals surface area (Å²) < 4.78 is 0. The molecular weight excluding hydrogens is 154 g/mol. The molecule has 0 amide bonds. The van der Waals surface area contributed by atoms with E-state index >= 15 is 0 Å². The summed E-state index contributed by atoms with van der Waals surface area (Å²) in [4.78, 5) is 0. The molecule has 0 atom stereocenters. The van der Waals surface area contributed by atoms with Gasteiger partial charge in [0, 0.05) is 0 Å². The van der Waals surface area contributed by atoms with Crippen LogP contribution in [0.25, 0.3) is 0 Å². The Kier molecular flexibility index (Phi) is 2.64. The van der Waals surface area contributed by atoms with Gasteiger partial charge in [0.25, 0.3) is 0 Å². The summed E-state index contributed by atoms with van der Waals surface area (Å²) in [5.74, 6) is 5.15. The first-order valence-corrected chi connectivity index (χ1v) is 3.42. The molecule has 0 radical (unpaired) electrons. The van der Waals surface area contributed by atoms with Gasteiger partial charge in [-0.1, -0.05) is 6.07 Å². The van der Waals surface area contributed by atoms with E-state index in [9.17, 15) is 0 Å². The van der Waals surface area contributed by atoms with Gasteiger partial charge in [-0.2, -0.15) is 5.26 Å². The third-order valence-corrected chi connectivity index (χ3v) is 1.54. The summed E-state index contributed by atoms with van der Waals surface area (Å²) in [6.45, 7) is -0.0699. The molecule has 0 aliphatic rings. The van der Waals surface area contributed by atoms with Crippen molar-refractivity contribution >= 4 is 5.69 Å². The second-order valence-electron chi connectivity index (χ2n) is 2.29. The lowest BCUT2D eigenvalue weighted by Gasteiger charge is -2.03. The van der Waals surface area contributed by atoms with Crippen molar-refractivity contribution in [1.29, 1.82) is 5.26 Å². The first-order valence-electron chi connectivity index (χ1n) is 3.42. The van der Waals surface area contributed by atoms with Crippen molar-refractivity contribution in [3.8, 4) is 6.07 Å². The fraction of sp³-hybridized carbons (Fsp3) is 0.125. The first-order chi connectivity index (χ1) is 5.81. The maximum atomic E-state index is 8.76. The second kappa shape index (κ2) is 3.72. The third kappa shape index (κ3) is 1.53. The summed E-state index contributed by atoms with van der Waals surface area (Å²) in [5, 5.41) is 17.4. The van der Waals surface area contributed by atoms with Crippen LogP contribution in [0.1, 0.15) is 11.1 Å². The van der Waals surface area contributed by atoms with Gasteiger partial charge in [0.15, 0.2) is 0 Å². The molecule has 0 fully saturated rings. The van der Waals surface area contributed by atoms with E-state index in [4.69, 9.17) is 16.2 Å². The number of hydrogen-bond donors (Lipinski definition) is 3.